The number of carbonyl (C=O) groups excluding carboxylic acids is 1. The number of anilines is 2. The Kier molecular flexibility index (Phi) is 5.39. The maximum absolute atomic E-state index is 12.2. The average Bonchev–Trinajstić information content (AvgIpc) is 2.48. The summed E-state index contributed by atoms with van der Waals surface area (Å²) in [6.07, 6.45) is 1.67. The van der Waals surface area contributed by atoms with Crippen LogP contribution in [0.15, 0.2) is 36.5 Å². The highest BCUT2D eigenvalue weighted by Gasteiger charge is 2.09. The minimum atomic E-state index is -0.235. The van der Waals surface area contributed by atoms with Crippen LogP contribution in [0.25, 0.3) is 0 Å². The van der Waals surface area contributed by atoms with Gasteiger partial charge in [-0.05, 0) is 48.7 Å². The molecule has 2 N–H and O–H groups in total. The van der Waals surface area contributed by atoms with Gasteiger partial charge in [0.1, 0.15) is 5.69 Å². The molecule has 0 aliphatic carbocycles. The second kappa shape index (κ2) is 7.27. The molecule has 0 fully saturated rings. The molecule has 4 nitrogen and oxygen atoms in total. The third kappa shape index (κ3) is 4.46. The second-order valence-electron chi connectivity index (χ2n) is 5.62. The summed E-state index contributed by atoms with van der Waals surface area (Å²) in [5, 5.41) is 6.76. The number of hydrogen-bond donors (Lipinski definition) is 2. The van der Waals surface area contributed by atoms with Crippen LogP contribution in [-0.4, -0.2) is 17.4 Å². The van der Waals surface area contributed by atoms with Gasteiger partial charge in [-0.2, -0.15) is 0 Å². The highest BCUT2D eigenvalue weighted by molar-refractivity contribution is 6.30. The van der Waals surface area contributed by atoms with E-state index in [1.165, 1.54) is 0 Å². The molecule has 1 aromatic carbocycles. The largest absolute Gasteiger partial charge is 0.384 e. The van der Waals surface area contributed by atoms with E-state index >= 15 is 0 Å². The van der Waals surface area contributed by atoms with E-state index in [1.54, 1.807) is 24.4 Å². The summed E-state index contributed by atoms with van der Waals surface area (Å²) < 4.78 is 0. The molecule has 2 aromatic rings. The summed E-state index contributed by atoms with van der Waals surface area (Å²) in [5.41, 5.74) is 2.94. The fourth-order valence-corrected chi connectivity index (χ4v) is 2.14. The quantitative estimate of drug-likeness (QED) is 0.861. The summed E-state index contributed by atoms with van der Waals surface area (Å²) in [6.45, 7) is 7.04. The molecule has 0 unspecified atom stereocenters. The number of hydrogen-bond acceptors (Lipinski definition) is 3. The molecule has 0 saturated heterocycles. The maximum atomic E-state index is 12.2. The van der Waals surface area contributed by atoms with Gasteiger partial charge in [-0.25, -0.2) is 4.98 Å². The first-order valence-electron chi connectivity index (χ1n) is 7.23. The smallest absolute Gasteiger partial charge is 0.274 e. The zero-order valence-corrected chi connectivity index (χ0v) is 13.7. The maximum Gasteiger partial charge on any atom is 0.274 e. The number of pyridine rings is 1. The third-order valence-electron chi connectivity index (χ3n) is 3.15. The van der Waals surface area contributed by atoms with Crippen molar-refractivity contribution in [1.29, 1.82) is 0 Å². The molecule has 1 amide bonds. The standard InChI is InChI=1S/C17H20ClN3O/c1-11(2)9-19-14-5-7-16(20-10-14)17(22)21-15-6-4-13(18)8-12(15)3/h4-8,10-11,19H,9H2,1-3H3,(H,21,22). The number of amides is 1. The Labute approximate surface area is 135 Å². The highest BCUT2D eigenvalue weighted by Crippen LogP contribution is 2.20. The van der Waals surface area contributed by atoms with Crippen LogP contribution in [-0.2, 0) is 0 Å². The van der Waals surface area contributed by atoms with Gasteiger partial charge in [0.05, 0.1) is 11.9 Å². The van der Waals surface area contributed by atoms with Crippen LogP contribution in [0.4, 0.5) is 11.4 Å². The summed E-state index contributed by atoms with van der Waals surface area (Å²) >= 11 is 5.91. The summed E-state index contributed by atoms with van der Waals surface area (Å²) in [4.78, 5) is 16.4. The zero-order valence-electron chi connectivity index (χ0n) is 13.0. The van der Waals surface area contributed by atoms with E-state index in [4.69, 9.17) is 11.6 Å². The van der Waals surface area contributed by atoms with Crippen molar-refractivity contribution in [1.82, 2.24) is 4.98 Å². The summed E-state index contributed by atoms with van der Waals surface area (Å²) in [7, 11) is 0. The fraction of sp³-hybridized carbons (Fsp3) is 0.294. The third-order valence-corrected chi connectivity index (χ3v) is 3.38. The molecule has 0 spiro atoms. The number of benzene rings is 1. The van der Waals surface area contributed by atoms with Crippen LogP contribution in [0.5, 0.6) is 0 Å². The van der Waals surface area contributed by atoms with Crippen molar-refractivity contribution in [3.63, 3.8) is 0 Å². The molecule has 116 valence electrons. The van der Waals surface area contributed by atoms with Gasteiger partial charge >= 0.3 is 0 Å². The molecule has 5 heteroatoms. The zero-order chi connectivity index (χ0) is 16.1. The van der Waals surface area contributed by atoms with Crippen molar-refractivity contribution in [2.24, 2.45) is 5.92 Å². The lowest BCUT2D eigenvalue weighted by Crippen LogP contribution is -2.15. The van der Waals surface area contributed by atoms with E-state index in [0.29, 0.717) is 16.6 Å². The van der Waals surface area contributed by atoms with Crippen LogP contribution >= 0.6 is 11.6 Å². The van der Waals surface area contributed by atoms with Crippen molar-refractivity contribution in [3.8, 4) is 0 Å². The molecular formula is C17H20ClN3O. The topological polar surface area (TPSA) is 54.0 Å². The van der Waals surface area contributed by atoms with E-state index in [1.807, 2.05) is 19.1 Å². The van der Waals surface area contributed by atoms with Crippen molar-refractivity contribution in [3.05, 3.63) is 52.8 Å². The second-order valence-corrected chi connectivity index (χ2v) is 6.06. The Bertz CT molecular complexity index is 653. The van der Waals surface area contributed by atoms with Gasteiger partial charge in [0, 0.05) is 17.3 Å². The first-order valence-corrected chi connectivity index (χ1v) is 7.61. The van der Waals surface area contributed by atoms with Crippen LogP contribution in [0, 0.1) is 12.8 Å². The van der Waals surface area contributed by atoms with Crippen LogP contribution < -0.4 is 10.6 Å². The van der Waals surface area contributed by atoms with E-state index in [2.05, 4.69) is 29.5 Å². The number of carbonyl (C=O) groups is 1. The first kappa shape index (κ1) is 16.3. The summed E-state index contributed by atoms with van der Waals surface area (Å²) in [5.74, 6) is 0.316. The molecule has 0 atom stereocenters. The lowest BCUT2D eigenvalue weighted by atomic mass is 10.2. The van der Waals surface area contributed by atoms with Gasteiger partial charge in [-0.1, -0.05) is 25.4 Å². The Balaban J connectivity index is 2.03. The minimum Gasteiger partial charge on any atom is -0.384 e. The Morgan fingerprint density at radius 1 is 1.27 bits per heavy atom. The molecule has 0 bridgehead atoms. The normalized spacial score (nSPS) is 10.6. The summed E-state index contributed by atoms with van der Waals surface area (Å²) in [6, 6.07) is 8.91. The van der Waals surface area contributed by atoms with Crippen LogP contribution in [0.3, 0.4) is 0 Å². The number of nitrogens with one attached hydrogen (secondary N) is 2. The Morgan fingerprint density at radius 2 is 2.05 bits per heavy atom. The molecule has 22 heavy (non-hydrogen) atoms. The van der Waals surface area contributed by atoms with Gasteiger partial charge in [0.25, 0.3) is 5.91 Å². The van der Waals surface area contributed by atoms with E-state index < -0.39 is 0 Å². The van der Waals surface area contributed by atoms with Gasteiger partial charge in [-0.3, -0.25) is 4.79 Å². The molecule has 0 aliphatic rings. The van der Waals surface area contributed by atoms with Crippen molar-refractivity contribution < 1.29 is 4.79 Å². The molecule has 1 heterocycles. The van der Waals surface area contributed by atoms with Crippen molar-refractivity contribution in [2.45, 2.75) is 20.8 Å². The SMILES string of the molecule is Cc1cc(Cl)ccc1NC(=O)c1ccc(NCC(C)C)cn1. The van der Waals surface area contributed by atoms with Crippen molar-refractivity contribution in [2.75, 3.05) is 17.2 Å². The lowest BCUT2D eigenvalue weighted by molar-refractivity contribution is 0.102. The molecule has 2 rings (SSSR count). The van der Waals surface area contributed by atoms with Crippen LogP contribution in [0.2, 0.25) is 5.02 Å². The monoisotopic (exact) mass is 317 g/mol. The van der Waals surface area contributed by atoms with Crippen LogP contribution in [0.1, 0.15) is 29.9 Å². The molecule has 0 saturated carbocycles. The van der Waals surface area contributed by atoms with Gasteiger partial charge in [-0.15, -0.1) is 0 Å². The first-order chi connectivity index (χ1) is 10.5. The molecule has 1 aromatic heterocycles. The van der Waals surface area contributed by atoms with E-state index in [9.17, 15) is 4.79 Å². The van der Waals surface area contributed by atoms with Gasteiger partial charge in [0.2, 0.25) is 0 Å². The number of aromatic nitrogens is 1. The van der Waals surface area contributed by atoms with Gasteiger partial charge < -0.3 is 10.6 Å². The number of aryl methyl sites for hydroxylation is 1. The minimum absolute atomic E-state index is 0.235. The lowest BCUT2D eigenvalue weighted by Gasteiger charge is -2.10. The van der Waals surface area contributed by atoms with Crippen molar-refractivity contribution >= 4 is 28.9 Å². The molecule has 0 aliphatic heterocycles. The Morgan fingerprint density at radius 3 is 2.64 bits per heavy atom. The molecular weight excluding hydrogens is 298 g/mol. The fourth-order valence-electron chi connectivity index (χ4n) is 1.91. The molecule has 0 radical (unpaired) electrons. The van der Waals surface area contributed by atoms with E-state index in [0.717, 1.165) is 23.5 Å². The average molecular weight is 318 g/mol. The predicted octanol–water partition coefficient (Wildman–Crippen LogP) is 4.36. The highest BCUT2D eigenvalue weighted by atomic mass is 35.5. The number of rotatable bonds is 5. The number of nitrogens with zero attached hydrogens (tertiary/aromatic N) is 1. The predicted molar refractivity (Wildman–Crippen MR) is 91.7 cm³/mol. The number of halogens is 1. The Hall–Kier alpha value is -2.07. The van der Waals surface area contributed by atoms with Gasteiger partial charge in [0.15, 0.2) is 0 Å². The van der Waals surface area contributed by atoms with E-state index in [-0.39, 0.29) is 5.91 Å².